The minimum atomic E-state index is 0.0139. The summed E-state index contributed by atoms with van der Waals surface area (Å²) in [5.74, 6) is 0. The number of hydrogen-bond acceptors (Lipinski definition) is 2. The highest BCUT2D eigenvalue weighted by atomic mass is 16.1. The second-order valence-corrected chi connectivity index (χ2v) is 6.37. The van der Waals surface area contributed by atoms with Gasteiger partial charge in [-0.1, -0.05) is 43.7 Å². The molecule has 132 valence electrons. The van der Waals surface area contributed by atoms with Crippen LogP contribution in [0.25, 0.3) is 11.0 Å². The molecule has 0 saturated carbocycles. The molecule has 1 aliphatic heterocycles. The molecule has 3 aromatic rings. The fourth-order valence-electron chi connectivity index (χ4n) is 3.57. The molecule has 1 aromatic heterocycles. The highest BCUT2D eigenvalue weighted by Crippen LogP contribution is 2.27. The predicted octanol–water partition coefficient (Wildman–Crippen LogP) is 4.51. The van der Waals surface area contributed by atoms with Crippen LogP contribution in [0.1, 0.15) is 38.3 Å². The van der Waals surface area contributed by atoms with Gasteiger partial charge in [0.1, 0.15) is 0 Å². The summed E-state index contributed by atoms with van der Waals surface area (Å²) in [6, 6.07) is 16.9. The Balaban J connectivity index is 0.000000880. The average Bonchev–Trinajstić information content (AvgIpc) is 3.00. The van der Waals surface area contributed by atoms with Gasteiger partial charge in [-0.05, 0) is 44.0 Å². The zero-order valence-electron chi connectivity index (χ0n) is 15.3. The van der Waals surface area contributed by atoms with Gasteiger partial charge in [0.25, 0.3) is 0 Å². The lowest BCUT2D eigenvalue weighted by Gasteiger charge is -2.34. The number of para-hydroxylation sites is 2. The van der Waals surface area contributed by atoms with Gasteiger partial charge in [0, 0.05) is 24.8 Å². The normalized spacial score (nSPS) is 15.1. The van der Waals surface area contributed by atoms with Crippen molar-refractivity contribution in [1.29, 1.82) is 0 Å². The number of fused-ring (bicyclic) bond motifs is 1. The van der Waals surface area contributed by atoms with E-state index in [-0.39, 0.29) is 11.7 Å². The van der Waals surface area contributed by atoms with E-state index < -0.39 is 0 Å². The number of benzene rings is 2. The summed E-state index contributed by atoms with van der Waals surface area (Å²) in [6.45, 7) is 8.08. The predicted molar refractivity (Wildman–Crippen MR) is 106 cm³/mol. The van der Waals surface area contributed by atoms with E-state index in [0.717, 1.165) is 37.0 Å². The van der Waals surface area contributed by atoms with Gasteiger partial charge in [0.05, 0.1) is 11.0 Å². The molecule has 2 aromatic carbocycles. The van der Waals surface area contributed by atoms with Crippen LogP contribution in [0, 0.1) is 6.92 Å². The average molecular weight is 337 g/mol. The summed E-state index contributed by atoms with van der Waals surface area (Å²) >= 11 is 0. The van der Waals surface area contributed by atoms with Crippen LogP contribution in [-0.2, 0) is 0 Å². The van der Waals surface area contributed by atoms with Gasteiger partial charge in [0.2, 0.25) is 0 Å². The third kappa shape index (κ3) is 3.48. The van der Waals surface area contributed by atoms with Gasteiger partial charge >= 0.3 is 5.69 Å². The molecular weight excluding hydrogens is 310 g/mol. The minimum absolute atomic E-state index is 0.0139. The molecule has 0 bridgehead atoms. The second-order valence-electron chi connectivity index (χ2n) is 6.37. The number of aromatic nitrogens is 2. The maximum atomic E-state index is 12.3. The van der Waals surface area contributed by atoms with E-state index in [1.807, 2.05) is 42.7 Å². The van der Waals surface area contributed by atoms with E-state index in [0.29, 0.717) is 0 Å². The molecule has 4 nitrogen and oxygen atoms in total. The Morgan fingerprint density at radius 1 is 0.960 bits per heavy atom. The van der Waals surface area contributed by atoms with Crippen LogP contribution in [-0.4, -0.2) is 22.6 Å². The Labute approximate surface area is 149 Å². The van der Waals surface area contributed by atoms with Crippen LogP contribution >= 0.6 is 0 Å². The first kappa shape index (κ1) is 17.3. The quantitative estimate of drug-likeness (QED) is 0.748. The fourth-order valence-corrected chi connectivity index (χ4v) is 3.57. The van der Waals surface area contributed by atoms with E-state index >= 15 is 0 Å². The lowest BCUT2D eigenvalue weighted by molar-refractivity contribution is 0.396. The Morgan fingerprint density at radius 2 is 1.60 bits per heavy atom. The lowest BCUT2D eigenvalue weighted by atomic mass is 10.0. The number of aryl methyl sites for hydroxylation is 1. The van der Waals surface area contributed by atoms with Crippen LogP contribution in [0.2, 0.25) is 0 Å². The molecule has 4 heteroatoms. The zero-order valence-corrected chi connectivity index (χ0v) is 15.3. The van der Waals surface area contributed by atoms with E-state index in [1.165, 1.54) is 11.3 Å². The van der Waals surface area contributed by atoms with Crippen LogP contribution in [0.15, 0.2) is 53.3 Å². The van der Waals surface area contributed by atoms with Gasteiger partial charge < -0.3 is 9.88 Å². The van der Waals surface area contributed by atoms with Gasteiger partial charge in [0.15, 0.2) is 0 Å². The van der Waals surface area contributed by atoms with E-state index in [9.17, 15) is 4.79 Å². The first-order valence-corrected chi connectivity index (χ1v) is 9.23. The van der Waals surface area contributed by atoms with Crippen molar-refractivity contribution >= 4 is 16.7 Å². The molecule has 1 fully saturated rings. The van der Waals surface area contributed by atoms with Crippen molar-refractivity contribution < 1.29 is 0 Å². The molecule has 0 aliphatic carbocycles. The first-order chi connectivity index (χ1) is 12.2. The van der Waals surface area contributed by atoms with Crippen molar-refractivity contribution in [1.82, 2.24) is 9.55 Å². The molecule has 0 spiro atoms. The Kier molecular flexibility index (Phi) is 5.27. The zero-order chi connectivity index (χ0) is 17.8. The third-order valence-corrected chi connectivity index (χ3v) is 4.85. The number of piperidine rings is 1. The molecule has 0 radical (unpaired) electrons. The summed E-state index contributed by atoms with van der Waals surface area (Å²) in [7, 11) is 0. The number of H-pyrrole nitrogens is 1. The number of imidazole rings is 1. The summed E-state index contributed by atoms with van der Waals surface area (Å²) in [5.41, 5.74) is 4.53. The summed E-state index contributed by atoms with van der Waals surface area (Å²) in [5, 5.41) is 0. The molecule has 0 unspecified atom stereocenters. The van der Waals surface area contributed by atoms with Gasteiger partial charge in [-0.15, -0.1) is 0 Å². The molecular formula is C21H27N3O. The molecule has 1 N–H and O–H groups in total. The largest absolute Gasteiger partial charge is 0.371 e. The number of nitrogens with one attached hydrogen (secondary N) is 1. The molecule has 25 heavy (non-hydrogen) atoms. The molecule has 0 atom stereocenters. The van der Waals surface area contributed by atoms with Gasteiger partial charge in [-0.2, -0.15) is 0 Å². The van der Waals surface area contributed by atoms with Crippen molar-refractivity contribution in [3.05, 3.63) is 64.6 Å². The minimum Gasteiger partial charge on any atom is -0.371 e. The van der Waals surface area contributed by atoms with Crippen molar-refractivity contribution in [3.8, 4) is 0 Å². The van der Waals surface area contributed by atoms with E-state index in [1.54, 1.807) is 0 Å². The van der Waals surface area contributed by atoms with Crippen molar-refractivity contribution in [2.45, 2.75) is 39.7 Å². The highest BCUT2D eigenvalue weighted by molar-refractivity contribution is 5.75. The standard InChI is InChI=1S/C19H21N3O.C2H6/c1-14-6-8-15(9-7-14)21-12-10-16(11-13-21)22-18-5-3-2-4-17(18)20-19(22)23;1-2/h2-9,16H,10-13H2,1H3,(H,20,23);1-2H3. The van der Waals surface area contributed by atoms with Crippen molar-refractivity contribution in [2.24, 2.45) is 0 Å². The van der Waals surface area contributed by atoms with Crippen molar-refractivity contribution in [3.63, 3.8) is 0 Å². The van der Waals surface area contributed by atoms with Crippen LogP contribution in [0.5, 0.6) is 0 Å². The van der Waals surface area contributed by atoms with Crippen molar-refractivity contribution in [2.75, 3.05) is 18.0 Å². The maximum Gasteiger partial charge on any atom is 0.326 e. The van der Waals surface area contributed by atoms with Gasteiger partial charge in [-0.25, -0.2) is 4.79 Å². The summed E-state index contributed by atoms with van der Waals surface area (Å²) < 4.78 is 1.95. The third-order valence-electron chi connectivity index (χ3n) is 4.85. The Morgan fingerprint density at radius 3 is 2.28 bits per heavy atom. The molecule has 1 saturated heterocycles. The molecule has 0 amide bonds. The number of rotatable bonds is 2. The summed E-state index contributed by atoms with van der Waals surface area (Å²) in [4.78, 5) is 17.7. The Hall–Kier alpha value is -2.49. The smallest absolute Gasteiger partial charge is 0.326 e. The number of hydrogen-bond donors (Lipinski definition) is 1. The monoisotopic (exact) mass is 337 g/mol. The van der Waals surface area contributed by atoms with Crippen LogP contribution in [0.3, 0.4) is 0 Å². The molecule has 4 rings (SSSR count). The van der Waals surface area contributed by atoms with Crippen LogP contribution < -0.4 is 10.6 Å². The molecule has 1 aliphatic rings. The highest BCUT2D eigenvalue weighted by Gasteiger charge is 2.23. The number of aromatic amines is 1. The van der Waals surface area contributed by atoms with Crippen LogP contribution in [0.4, 0.5) is 5.69 Å². The SMILES string of the molecule is CC.Cc1ccc(N2CCC(n3c(=O)[nH]c4ccccc43)CC2)cc1. The maximum absolute atomic E-state index is 12.3. The van der Waals surface area contributed by atoms with E-state index in [2.05, 4.69) is 41.1 Å². The van der Waals surface area contributed by atoms with E-state index in [4.69, 9.17) is 0 Å². The summed E-state index contributed by atoms with van der Waals surface area (Å²) in [6.07, 6.45) is 1.99. The second kappa shape index (κ2) is 7.60. The Bertz CT molecular complexity index is 868. The number of anilines is 1. The molecule has 2 heterocycles. The fraction of sp³-hybridized carbons (Fsp3) is 0.381. The first-order valence-electron chi connectivity index (χ1n) is 9.23. The lowest BCUT2D eigenvalue weighted by Crippen LogP contribution is -2.37. The number of nitrogens with zero attached hydrogens (tertiary/aromatic N) is 2. The topological polar surface area (TPSA) is 41.0 Å². The van der Waals surface area contributed by atoms with Gasteiger partial charge in [-0.3, -0.25) is 4.57 Å².